The molecular formula is C14H17NO3. The van der Waals surface area contributed by atoms with Crippen LogP contribution >= 0.6 is 0 Å². The van der Waals surface area contributed by atoms with Crippen LogP contribution in [-0.2, 0) is 11.2 Å². The van der Waals surface area contributed by atoms with Crippen LogP contribution in [0.4, 0.5) is 0 Å². The molecule has 96 valence electrons. The highest BCUT2D eigenvalue weighted by Crippen LogP contribution is 2.39. The van der Waals surface area contributed by atoms with Gasteiger partial charge in [0.25, 0.3) is 0 Å². The summed E-state index contributed by atoms with van der Waals surface area (Å²) >= 11 is 0. The molecule has 0 N–H and O–H groups in total. The van der Waals surface area contributed by atoms with Gasteiger partial charge in [0.2, 0.25) is 0 Å². The maximum absolute atomic E-state index is 11.6. The molecule has 1 amide bonds. The standard InChI is InChI=1S/C14H17NO3/c1-8-7-9(2)11-5-6-14(4,13(16)15-17)18-12(11)10(8)3/h7H,5-6H2,1-4H3. The number of carbonyl (C=O) groups is 1. The number of hydrogen-bond acceptors (Lipinski definition) is 3. The molecule has 0 aliphatic carbocycles. The van der Waals surface area contributed by atoms with E-state index in [2.05, 4.69) is 11.2 Å². The summed E-state index contributed by atoms with van der Waals surface area (Å²) in [4.78, 5) is 22.0. The van der Waals surface area contributed by atoms with E-state index in [1.165, 1.54) is 5.56 Å². The first-order valence-electron chi connectivity index (χ1n) is 6.05. The maximum Gasteiger partial charge on any atom is 0.329 e. The number of nitrogens with zero attached hydrogens (tertiary/aromatic N) is 1. The van der Waals surface area contributed by atoms with Gasteiger partial charge in [-0.2, -0.15) is 0 Å². The van der Waals surface area contributed by atoms with Crippen molar-refractivity contribution in [3.63, 3.8) is 0 Å². The normalized spacial score (nSPS) is 22.0. The lowest BCUT2D eigenvalue weighted by Crippen LogP contribution is -2.43. The number of fused-ring (bicyclic) bond motifs is 1. The van der Waals surface area contributed by atoms with E-state index in [0.717, 1.165) is 28.9 Å². The van der Waals surface area contributed by atoms with Crippen LogP contribution in [0.15, 0.2) is 11.2 Å². The molecule has 1 unspecified atom stereocenters. The van der Waals surface area contributed by atoms with Gasteiger partial charge in [-0.1, -0.05) is 6.07 Å². The van der Waals surface area contributed by atoms with E-state index in [-0.39, 0.29) is 0 Å². The van der Waals surface area contributed by atoms with Crippen molar-refractivity contribution in [3.8, 4) is 5.75 Å². The quantitative estimate of drug-likeness (QED) is 0.717. The van der Waals surface area contributed by atoms with Gasteiger partial charge in [0.05, 0.1) is 0 Å². The Hall–Kier alpha value is -1.71. The van der Waals surface area contributed by atoms with E-state index >= 15 is 0 Å². The number of amides is 1. The lowest BCUT2D eigenvalue weighted by atomic mass is 9.87. The second-order valence-corrected chi connectivity index (χ2v) is 5.17. The van der Waals surface area contributed by atoms with Gasteiger partial charge in [0, 0.05) is 11.6 Å². The van der Waals surface area contributed by atoms with Crippen molar-refractivity contribution in [2.24, 2.45) is 5.18 Å². The van der Waals surface area contributed by atoms with Crippen LogP contribution in [-0.4, -0.2) is 11.5 Å². The first kappa shape index (κ1) is 12.7. The topological polar surface area (TPSA) is 55.7 Å². The van der Waals surface area contributed by atoms with E-state index in [9.17, 15) is 9.70 Å². The highest BCUT2D eigenvalue weighted by Gasteiger charge is 2.41. The van der Waals surface area contributed by atoms with Gasteiger partial charge in [-0.05, 0) is 56.4 Å². The van der Waals surface area contributed by atoms with E-state index in [4.69, 9.17) is 4.74 Å². The van der Waals surface area contributed by atoms with E-state index in [0.29, 0.717) is 6.42 Å². The number of ether oxygens (including phenoxy) is 1. The Labute approximate surface area is 106 Å². The van der Waals surface area contributed by atoms with Crippen LogP contribution in [0.2, 0.25) is 0 Å². The van der Waals surface area contributed by atoms with Crippen molar-refractivity contribution in [2.45, 2.75) is 46.1 Å². The summed E-state index contributed by atoms with van der Waals surface area (Å²) in [5.74, 6) is 0.0185. The third-order valence-electron chi connectivity index (χ3n) is 3.83. The van der Waals surface area contributed by atoms with Crippen LogP contribution in [0.1, 0.15) is 35.6 Å². The fourth-order valence-electron chi connectivity index (χ4n) is 2.44. The Morgan fingerprint density at radius 2 is 2.00 bits per heavy atom. The van der Waals surface area contributed by atoms with Crippen LogP contribution in [0, 0.1) is 25.7 Å². The Morgan fingerprint density at radius 1 is 1.33 bits per heavy atom. The predicted octanol–water partition coefficient (Wildman–Crippen LogP) is 2.99. The third kappa shape index (κ3) is 1.82. The van der Waals surface area contributed by atoms with Gasteiger partial charge in [-0.25, -0.2) is 0 Å². The lowest BCUT2D eigenvalue weighted by molar-refractivity contribution is -0.133. The fraction of sp³-hybridized carbons (Fsp3) is 0.500. The van der Waals surface area contributed by atoms with Gasteiger partial charge in [-0.15, -0.1) is 4.91 Å². The van der Waals surface area contributed by atoms with Crippen molar-refractivity contribution in [1.29, 1.82) is 0 Å². The molecule has 2 rings (SSSR count). The molecule has 1 aromatic carbocycles. The monoisotopic (exact) mass is 247 g/mol. The van der Waals surface area contributed by atoms with Crippen LogP contribution in [0.25, 0.3) is 0 Å². The van der Waals surface area contributed by atoms with Crippen LogP contribution < -0.4 is 4.74 Å². The fourth-order valence-corrected chi connectivity index (χ4v) is 2.44. The molecule has 0 saturated heterocycles. The molecule has 4 heteroatoms. The summed E-state index contributed by atoms with van der Waals surface area (Å²) in [6, 6.07) is 2.12. The zero-order chi connectivity index (χ0) is 13.5. The van der Waals surface area contributed by atoms with Gasteiger partial charge < -0.3 is 4.74 Å². The highest BCUT2D eigenvalue weighted by molar-refractivity contribution is 5.86. The van der Waals surface area contributed by atoms with E-state index in [1.54, 1.807) is 6.92 Å². The van der Waals surface area contributed by atoms with Crippen molar-refractivity contribution >= 4 is 5.91 Å². The Morgan fingerprint density at radius 3 is 2.61 bits per heavy atom. The smallest absolute Gasteiger partial charge is 0.329 e. The second-order valence-electron chi connectivity index (χ2n) is 5.17. The summed E-state index contributed by atoms with van der Waals surface area (Å²) in [6.45, 7) is 7.66. The number of hydrogen-bond donors (Lipinski definition) is 0. The summed E-state index contributed by atoms with van der Waals surface area (Å²) in [6.07, 6.45) is 1.23. The molecule has 4 nitrogen and oxygen atoms in total. The van der Waals surface area contributed by atoms with Crippen molar-refractivity contribution in [2.75, 3.05) is 0 Å². The maximum atomic E-state index is 11.6. The largest absolute Gasteiger partial charge is 0.477 e. The van der Waals surface area contributed by atoms with Crippen molar-refractivity contribution in [1.82, 2.24) is 0 Å². The first-order chi connectivity index (χ1) is 8.39. The summed E-state index contributed by atoms with van der Waals surface area (Å²) in [5, 5.41) is 2.52. The number of carbonyl (C=O) groups excluding carboxylic acids is 1. The molecule has 0 bridgehead atoms. The van der Waals surface area contributed by atoms with Gasteiger partial charge in [0.15, 0.2) is 5.60 Å². The van der Waals surface area contributed by atoms with Crippen LogP contribution in [0.3, 0.4) is 0 Å². The summed E-state index contributed by atoms with van der Waals surface area (Å²) in [7, 11) is 0. The third-order valence-corrected chi connectivity index (χ3v) is 3.83. The van der Waals surface area contributed by atoms with Gasteiger partial charge >= 0.3 is 5.91 Å². The molecule has 18 heavy (non-hydrogen) atoms. The summed E-state index contributed by atoms with van der Waals surface area (Å²) in [5.41, 5.74) is 3.35. The first-order valence-corrected chi connectivity index (χ1v) is 6.05. The zero-order valence-corrected chi connectivity index (χ0v) is 11.2. The Balaban J connectivity index is 2.52. The molecule has 0 radical (unpaired) electrons. The van der Waals surface area contributed by atoms with Crippen molar-refractivity contribution in [3.05, 3.63) is 33.2 Å². The minimum absolute atomic E-state index is 0.494. The average molecular weight is 247 g/mol. The highest BCUT2D eigenvalue weighted by atomic mass is 16.5. The molecule has 1 heterocycles. The number of rotatable bonds is 1. The lowest BCUT2D eigenvalue weighted by Gasteiger charge is -2.34. The molecule has 1 aromatic rings. The van der Waals surface area contributed by atoms with Gasteiger partial charge in [-0.3, -0.25) is 4.79 Å². The van der Waals surface area contributed by atoms with Crippen molar-refractivity contribution < 1.29 is 9.53 Å². The molecular weight excluding hydrogens is 230 g/mol. The molecule has 1 aliphatic rings. The van der Waals surface area contributed by atoms with E-state index < -0.39 is 11.5 Å². The molecule has 0 fully saturated rings. The van der Waals surface area contributed by atoms with E-state index in [1.807, 2.05) is 20.8 Å². The predicted molar refractivity (Wildman–Crippen MR) is 68.8 cm³/mol. The number of aryl methyl sites for hydroxylation is 2. The molecule has 0 saturated carbocycles. The van der Waals surface area contributed by atoms with Gasteiger partial charge in [0.1, 0.15) is 5.75 Å². The number of nitroso groups, excluding NO2 is 1. The molecule has 0 aromatic heterocycles. The molecule has 0 spiro atoms. The molecule has 1 atom stereocenters. The second kappa shape index (κ2) is 4.19. The van der Waals surface area contributed by atoms with Crippen LogP contribution in [0.5, 0.6) is 5.75 Å². The zero-order valence-electron chi connectivity index (χ0n) is 11.2. The SMILES string of the molecule is Cc1cc(C)c2c(c1C)OC(C)(C(=O)N=O)CC2. The minimum atomic E-state index is -1.11. The average Bonchev–Trinajstić information content (AvgIpc) is 2.34. The minimum Gasteiger partial charge on any atom is -0.477 e. The Bertz CT molecular complexity index is 536. The summed E-state index contributed by atoms with van der Waals surface area (Å²) < 4.78 is 5.82. The number of benzene rings is 1. The Kier molecular flexibility index (Phi) is 2.97. The molecule has 1 aliphatic heterocycles.